The zero-order valence-electron chi connectivity index (χ0n) is 11.0. The van der Waals surface area contributed by atoms with Gasteiger partial charge in [-0.3, -0.25) is 0 Å². The van der Waals surface area contributed by atoms with Crippen molar-refractivity contribution in [1.29, 1.82) is 0 Å². The maximum atomic E-state index is 12.1. The molecular formula is C14H12F3NO4. The lowest BCUT2D eigenvalue weighted by Gasteiger charge is -2.16. The van der Waals surface area contributed by atoms with E-state index in [2.05, 4.69) is 4.74 Å². The second-order valence-electron chi connectivity index (χ2n) is 4.49. The van der Waals surface area contributed by atoms with E-state index in [4.69, 9.17) is 5.73 Å². The number of benzene rings is 2. The van der Waals surface area contributed by atoms with Gasteiger partial charge in [-0.2, -0.15) is 0 Å². The predicted molar refractivity (Wildman–Crippen MR) is 70.6 cm³/mol. The third-order valence-corrected chi connectivity index (χ3v) is 2.90. The number of ether oxygens (including phenoxy) is 1. The van der Waals surface area contributed by atoms with Crippen LogP contribution in [-0.4, -0.2) is 21.7 Å². The molecule has 0 aliphatic carbocycles. The highest BCUT2D eigenvalue weighted by molar-refractivity contribution is 5.53. The van der Waals surface area contributed by atoms with Gasteiger partial charge >= 0.3 is 6.36 Å². The molecule has 118 valence electrons. The van der Waals surface area contributed by atoms with Gasteiger partial charge in [0.2, 0.25) is 0 Å². The Bertz CT molecular complexity index is 648. The second kappa shape index (κ2) is 5.64. The largest absolute Gasteiger partial charge is 0.573 e. The number of nitrogens with two attached hydrogens (primary N) is 1. The summed E-state index contributed by atoms with van der Waals surface area (Å²) in [5.74, 6) is -1.62. The number of hydrogen-bond donors (Lipinski definition) is 4. The minimum atomic E-state index is -4.79. The molecule has 0 fully saturated rings. The molecule has 0 heterocycles. The van der Waals surface area contributed by atoms with Crippen LogP contribution in [-0.2, 0) is 0 Å². The molecule has 0 unspecified atom stereocenters. The zero-order chi connectivity index (χ0) is 16.5. The summed E-state index contributed by atoms with van der Waals surface area (Å²) in [6.45, 7) is 0. The van der Waals surface area contributed by atoms with Crippen molar-refractivity contribution in [3.8, 4) is 23.0 Å². The van der Waals surface area contributed by atoms with Crippen LogP contribution in [0, 0.1) is 0 Å². The number of aromatic hydroxyl groups is 3. The Hall–Kier alpha value is -2.61. The van der Waals surface area contributed by atoms with E-state index in [1.54, 1.807) is 0 Å². The van der Waals surface area contributed by atoms with E-state index in [0.717, 1.165) is 24.3 Å². The van der Waals surface area contributed by atoms with Crippen molar-refractivity contribution in [3.63, 3.8) is 0 Å². The van der Waals surface area contributed by atoms with Crippen molar-refractivity contribution in [2.45, 2.75) is 12.4 Å². The average molecular weight is 315 g/mol. The number of phenolic OH excluding ortho intramolecular Hbond substituents is 3. The fourth-order valence-corrected chi connectivity index (χ4v) is 1.97. The van der Waals surface area contributed by atoms with Gasteiger partial charge in [-0.1, -0.05) is 12.1 Å². The summed E-state index contributed by atoms with van der Waals surface area (Å²) < 4.78 is 39.9. The number of alkyl halides is 3. The average Bonchev–Trinajstić information content (AvgIpc) is 2.36. The van der Waals surface area contributed by atoms with Gasteiger partial charge in [-0.25, -0.2) is 0 Å². The van der Waals surface area contributed by atoms with E-state index < -0.39 is 29.7 Å². The van der Waals surface area contributed by atoms with E-state index in [0.29, 0.717) is 5.56 Å². The van der Waals surface area contributed by atoms with Crippen LogP contribution in [0.3, 0.4) is 0 Å². The van der Waals surface area contributed by atoms with Crippen molar-refractivity contribution < 1.29 is 33.2 Å². The topological polar surface area (TPSA) is 95.9 Å². The summed E-state index contributed by atoms with van der Waals surface area (Å²) in [7, 11) is 0. The molecule has 0 saturated carbocycles. The maximum Gasteiger partial charge on any atom is 0.573 e. The van der Waals surface area contributed by atoms with Crippen LogP contribution in [0.25, 0.3) is 0 Å². The van der Waals surface area contributed by atoms with Crippen molar-refractivity contribution in [3.05, 3.63) is 47.5 Å². The maximum absolute atomic E-state index is 12.1. The Labute approximate surface area is 123 Å². The number of hydrogen-bond acceptors (Lipinski definition) is 5. The minimum Gasteiger partial charge on any atom is -0.508 e. The summed E-state index contributed by atoms with van der Waals surface area (Å²) in [5.41, 5.74) is 6.17. The summed E-state index contributed by atoms with van der Waals surface area (Å²) >= 11 is 0. The first-order valence-electron chi connectivity index (χ1n) is 6.03. The van der Waals surface area contributed by atoms with Crippen LogP contribution in [0.5, 0.6) is 23.0 Å². The number of phenols is 3. The molecule has 1 atom stereocenters. The quantitative estimate of drug-likeness (QED) is 0.698. The van der Waals surface area contributed by atoms with Crippen LogP contribution in [0.1, 0.15) is 17.2 Å². The molecular weight excluding hydrogens is 303 g/mol. The third-order valence-electron chi connectivity index (χ3n) is 2.90. The van der Waals surface area contributed by atoms with Crippen LogP contribution in [0.15, 0.2) is 36.4 Å². The fourth-order valence-electron chi connectivity index (χ4n) is 1.97. The number of rotatable bonds is 3. The molecule has 0 aliphatic rings. The van der Waals surface area contributed by atoms with Gasteiger partial charge in [0, 0.05) is 12.1 Å². The van der Waals surface area contributed by atoms with E-state index in [-0.39, 0.29) is 11.3 Å². The Morgan fingerprint density at radius 1 is 0.955 bits per heavy atom. The van der Waals surface area contributed by atoms with Gasteiger partial charge in [0.1, 0.15) is 23.0 Å². The fraction of sp³-hybridized carbons (Fsp3) is 0.143. The Kier molecular flexibility index (Phi) is 4.05. The monoisotopic (exact) mass is 315 g/mol. The van der Waals surface area contributed by atoms with Crippen molar-refractivity contribution >= 4 is 0 Å². The molecule has 0 bridgehead atoms. The highest BCUT2D eigenvalue weighted by atomic mass is 19.4. The lowest BCUT2D eigenvalue weighted by Crippen LogP contribution is -2.17. The molecule has 0 aliphatic heterocycles. The molecule has 2 rings (SSSR count). The van der Waals surface area contributed by atoms with Crippen molar-refractivity contribution in [1.82, 2.24) is 0 Å². The number of halogens is 3. The summed E-state index contributed by atoms with van der Waals surface area (Å²) in [6.07, 6.45) is -4.79. The van der Waals surface area contributed by atoms with Crippen LogP contribution in [0.2, 0.25) is 0 Å². The van der Waals surface area contributed by atoms with Crippen LogP contribution in [0.4, 0.5) is 13.2 Å². The Balaban J connectivity index is 2.29. The van der Waals surface area contributed by atoms with Crippen molar-refractivity contribution in [2.24, 2.45) is 5.73 Å². The molecule has 0 spiro atoms. The van der Waals surface area contributed by atoms with Crippen LogP contribution < -0.4 is 10.5 Å². The van der Waals surface area contributed by atoms with Crippen molar-refractivity contribution in [2.75, 3.05) is 0 Å². The molecule has 2 aromatic rings. The lowest BCUT2D eigenvalue weighted by atomic mass is 9.97. The summed E-state index contributed by atoms with van der Waals surface area (Å²) in [4.78, 5) is 0. The molecule has 5 N–H and O–H groups in total. The first-order valence-corrected chi connectivity index (χ1v) is 6.03. The van der Waals surface area contributed by atoms with Gasteiger partial charge < -0.3 is 25.8 Å². The van der Waals surface area contributed by atoms with Gasteiger partial charge in [-0.15, -0.1) is 13.2 Å². The zero-order valence-corrected chi connectivity index (χ0v) is 11.0. The molecule has 2 aromatic carbocycles. The SMILES string of the molecule is N[C@@H](c1ccc(OC(F)(F)F)cc1)c1c(O)cc(O)cc1O. The molecule has 22 heavy (non-hydrogen) atoms. The molecule has 5 nitrogen and oxygen atoms in total. The first kappa shape index (κ1) is 15.8. The highest BCUT2D eigenvalue weighted by Crippen LogP contribution is 2.38. The first-order chi connectivity index (χ1) is 10.2. The van der Waals surface area contributed by atoms with Gasteiger partial charge in [0.15, 0.2) is 0 Å². The van der Waals surface area contributed by atoms with Gasteiger partial charge in [0.25, 0.3) is 0 Å². The standard InChI is InChI=1S/C14H12F3NO4/c15-14(16,17)22-9-3-1-7(2-4-9)13(18)12-10(20)5-8(19)6-11(12)21/h1-6,13,19-21H,18H2/t13-/m0/s1. The lowest BCUT2D eigenvalue weighted by molar-refractivity contribution is -0.274. The summed E-state index contributed by atoms with van der Waals surface area (Å²) in [6, 6.07) is 5.68. The van der Waals surface area contributed by atoms with E-state index in [1.807, 2.05) is 0 Å². The molecule has 0 radical (unpaired) electrons. The molecule has 0 aromatic heterocycles. The smallest absolute Gasteiger partial charge is 0.508 e. The molecule has 0 amide bonds. The second-order valence-corrected chi connectivity index (χ2v) is 4.49. The Morgan fingerprint density at radius 2 is 1.45 bits per heavy atom. The molecule has 8 heteroatoms. The van der Waals surface area contributed by atoms with Gasteiger partial charge in [0.05, 0.1) is 11.6 Å². The Morgan fingerprint density at radius 3 is 1.91 bits per heavy atom. The third kappa shape index (κ3) is 3.53. The van der Waals surface area contributed by atoms with E-state index in [9.17, 15) is 28.5 Å². The van der Waals surface area contributed by atoms with Gasteiger partial charge in [-0.05, 0) is 17.7 Å². The van der Waals surface area contributed by atoms with E-state index >= 15 is 0 Å². The minimum absolute atomic E-state index is 0.0534. The normalized spacial score (nSPS) is 12.9. The molecule has 0 saturated heterocycles. The summed E-state index contributed by atoms with van der Waals surface area (Å²) in [5, 5.41) is 28.7. The highest BCUT2D eigenvalue weighted by Gasteiger charge is 2.31. The van der Waals surface area contributed by atoms with Crippen LogP contribution >= 0.6 is 0 Å². The predicted octanol–water partition coefficient (Wildman–Crippen LogP) is 2.75. The van der Waals surface area contributed by atoms with E-state index in [1.165, 1.54) is 12.1 Å².